The highest BCUT2D eigenvalue weighted by molar-refractivity contribution is 5.65. The van der Waals surface area contributed by atoms with Gasteiger partial charge in [0, 0.05) is 6.07 Å². The number of nitrogens with two attached hydrogens (primary N) is 2. The van der Waals surface area contributed by atoms with Crippen LogP contribution in [0.25, 0.3) is 0 Å². The minimum Gasteiger partial charge on any atom is -0.490 e. The normalized spacial score (nSPS) is 14.9. The summed E-state index contributed by atoms with van der Waals surface area (Å²) in [6, 6.07) is 13.0. The molecule has 1 aliphatic heterocycles. The molecule has 5 nitrogen and oxygen atoms in total. The van der Waals surface area contributed by atoms with E-state index in [2.05, 4.69) is 5.32 Å². The molecule has 0 aliphatic carbocycles. The van der Waals surface area contributed by atoms with Crippen LogP contribution in [0.1, 0.15) is 32.1 Å². The van der Waals surface area contributed by atoms with Crippen LogP contribution >= 0.6 is 0 Å². The van der Waals surface area contributed by atoms with Gasteiger partial charge in [0.25, 0.3) is 0 Å². The van der Waals surface area contributed by atoms with Gasteiger partial charge < -0.3 is 26.3 Å². The monoisotopic (exact) mass is 355 g/mol. The number of hydrogen-bond donors (Lipinski definition) is 3. The van der Waals surface area contributed by atoms with Gasteiger partial charge in [-0.2, -0.15) is 0 Å². The Balaban J connectivity index is 1.48. The quantitative estimate of drug-likeness (QED) is 0.488. The topological polar surface area (TPSA) is 82.5 Å². The first-order chi connectivity index (χ1) is 12.7. The van der Waals surface area contributed by atoms with Gasteiger partial charge in [-0.05, 0) is 69.0 Å². The van der Waals surface area contributed by atoms with E-state index in [0.29, 0.717) is 29.5 Å². The second-order valence-electron chi connectivity index (χ2n) is 6.88. The van der Waals surface area contributed by atoms with Gasteiger partial charge in [0.1, 0.15) is 5.75 Å². The Bertz CT molecular complexity index is 699. The Hall–Kier alpha value is -2.40. The lowest BCUT2D eigenvalue weighted by molar-refractivity contribution is 0.278. The lowest BCUT2D eigenvalue weighted by Crippen LogP contribution is -2.27. The maximum Gasteiger partial charge on any atom is 0.169 e. The van der Waals surface area contributed by atoms with E-state index >= 15 is 0 Å². The summed E-state index contributed by atoms with van der Waals surface area (Å²) in [5.74, 6) is 2.97. The Morgan fingerprint density at radius 1 is 0.923 bits per heavy atom. The second kappa shape index (κ2) is 9.34. The van der Waals surface area contributed by atoms with Crippen LogP contribution in [0.2, 0.25) is 0 Å². The average Bonchev–Trinajstić information content (AvgIpc) is 2.66. The van der Waals surface area contributed by atoms with Gasteiger partial charge in [-0.15, -0.1) is 0 Å². The Labute approximate surface area is 155 Å². The van der Waals surface area contributed by atoms with Crippen molar-refractivity contribution in [1.29, 1.82) is 0 Å². The molecule has 5 heteroatoms. The molecular formula is C21H29N3O2. The van der Waals surface area contributed by atoms with Crippen LogP contribution in [0.4, 0.5) is 11.4 Å². The zero-order valence-electron chi connectivity index (χ0n) is 15.2. The van der Waals surface area contributed by atoms with E-state index in [-0.39, 0.29) is 0 Å². The molecule has 1 aliphatic rings. The third kappa shape index (κ3) is 5.30. The van der Waals surface area contributed by atoms with Crippen LogP contribution < -0.4 is 26.3 Å². The molecule has 1 saturated heterocycles. The molecule has 0 saturated carbocycles. The van der Waals surface area contributed by atoms with Crippen molar-refractivity contribution in [2.75, 3.05) is 31.2 Å². The molecular weight excluding hydrogens is 326 g/mol. The summed E-state index contributed by atoms with van der Waals surface area (Å²) in [4.78, 5) is 0. The molecule has 0 amide bonds. The summed E-state index contributed by atoms with van der Waals surface area (Å²) in [6.45, 7) is 3.04. The summed E-state index contributed by atoms with van der Waals surface area (Å²) in [5.41, 5.74) is 12.7. The smallest absolute Gasteiger partial charge is 0.169 e. The summed E-state index contributed by atoms with van der Waals surface area (Å²) >= 11 is 0. The second-order valence-corrected chi connectivity index (χ2v) is 6.88. The number of benzene rings is 2. The van der Waals surface area contributed by atoms with Gasteiger partial charge >= 0.3 is 0 Å². The molecule has 26 heavy (non-hydrogen) atoms. The average molecular weight is 355 g/mol. The molecule has 0 aromatic heterocycles. The van der Waals surface area contributed by atoms with Crippen molar-refractivity contribution < 1.29 is 9.47 Å². The first-order valence-corrected chi connectivity index (χ1v) is 9.48. The van der Waals surface area contributed by atoms with Gasteiger partial charge in [-0.1, -0.05) is 18.6 Å². The van der Waals surface area contributed by atoms with E-state index in [1.165, 1.54) is 38.8 Å². The van der Waals surface area contributed by atoms with E-state index in [9.17, 15) is 0 Å². The zero-order valence-corrected chi connectivity index (χ0v) is 15.2. The molecule has 0 unspecified atom stereocenters. The minimum absolute atomic E-state index is 0.513. The lowest BCUT2D eigenvalue weighted by atomic mass is 9.93. The molecule has 3 rings (SSSR count). The summed E-state index contributed by atoms with van der Waals surface area (Å²) in [5, 5.41) is 3.42. The fourth-order valence-corrected chi connectivity index (χ4v) is 3.28. The molecule has 0 bridgehead atoms. The highest BCUT2D eigenvalue weighted by Crippen LogP contribution is 2.33. The molecule has 2 aromatic carbocycles. The number of anilines is 2. The molecule has 2 aromatic rings. The van der Waals surface area contributed by atoms with Gasteiger partial charge in [0.15, 0.2) is 11.5 Å². The molecule has 0 atom stereocenters. The van der Waals surface area contributed by atoms with Crippen LogP contribution in [-0.2, 0) is 0 Å². The van der Waals surface area contributed by atoms with E-state index < -0.39 is 0 Å². The van der Waals surface area contributed by atoms with Crippen LogP contribution in [-0.4, -0.2) is 19.7 Å². The SMILES string of the molecule is Nc1ccc(Oc2ccccc2OCCCCC2CCNCC2)cc1N. The number of para-hydroxylation sites is 2. The summed E-state index contributed by atoms with van der Waals surface area (Å²) in [7, 11) is 0. The molecule has 0 radical (unpaired) electrons. The molecule has 5 N–H and O–H groups in total. The molecule has 140 valence electrons. The highest BCUT2D eigenvalue weighted by atomic mass is 16.5. The molecule has 1 fully saturated rings. The Kier molecular flexibility index (Phi) is 6.61. The first-order valence-electron chi connectivity index (χ1n) is 9.48. The van der Waals surface area contributed by atoms with E-state index in [4.69, 9.17) is 20.9 Å². The number of piperidine rings is 1. The van der Waals surface area contributed by atoms with Crippen molar-refractivity contribution in [3.8, 4) is 17.2 Å². The number of rotatable bonds is 8. The predicted octanol–water partition coefficient (Wildman–Crippen LogP) is 4.19. The van der Waals surface area contributed by atoms with Gasteiger partial charge in [0.2, 0.25) is 0 Å². The van der Waals surface area contributed by atoms with Crippen molar-refractivity contribution in [2.24, 2.45) is 5.92 Å². The first kappa shape index (κ1) is 18.4. The highest BCUT2D eigenvalue weighted by Gasteiger charge is 2.12. The third-order valence-corrected chi connectivity index (χ3v) is 4.86. The van der Waals surface area contributed by atoms with Crippen molar-refractivity contribution in [3.63, 3.8) is 0 Å². The standard InChI is InChI=1S/C21H29N3O2/c22-18-9-8-17(15-19(18)23)26-21-7-2-1-6-20(21)25-14-4-3-5-16-10-12-24-13-11-16/h1-2,6-9,15-16,24H,3-5,10-14,22-23H2. The van der Waals surface area contributed by atoms with Gasteiger partial charge in [-0.3, -0.25) is 0 Å². The van der Waals surface area contributed by atoms with Crippen molar-refractivity contribution in [3.05, 3.63) is 42.5 Å². The maximum atomic E-state index is 5.96. The molecule has 0 spiro atoms. The van der Waals surface area contributed by atoms with Gasteiger partial charge in [-0.25, -0.2) is 0 Å². The fraction of sp³-hybridized carbons (Fsp3) is 0.429. The van der Waals surface area contributed by atoms with Crippen molar-refractivity contribution in [2.45, 2.75) is 32.1 Å². The van der Waals surface area contributed by atoms with E-state index in [1.807, 2.05) is 30.3 Å². The van der Waals surface area contributed by atoms with Crippen LogP contribution in [0.3, 0.4) is 0 Å². The van der Waals surface area contributed by atoms with E-state index in [0.717, 1.165) is 18.1 Å². The zero-order chi connectivity index (χ0) is 18.2. The summed E-state index contributed by atoms with van der Waals surface area (Å²) in [6.07, 6.45) is 6.19. The Morgan fingerprint density at radius 2 is 1.69 bits per heavy atom. The van der Waals surface area contributed by atoms with E-state index in [1.54, 1.807) is 12.1 Å². The van der Waals surface area contributed by atoms with Crippen molar-refractivity contribution >= 4 is 11.4 Å². The Morgan fingerprint density at radius 3 is 2.46 bits per heavy atom. The minimum atomic E-state index is 0.513. The third-order valence-electron chi connectivity index (χ3n) is 4.86. The van der Waals surface area contributed by atoms with Crippen LogP contribution in [0, 0.1) is 5.92 Å². The maximum absolute atomic E-state index is 5.96. The molecule has 1 heterocycles. The summed E-state index contributed by atoms with van der Waals surface area (Å²) < 4.78 is 11.9. The number of ether oxygens (including phenoxy) is 2. The van der Waals surface area contributed by atoms with Gasteiger partial charge in [0.05, 0.1) is 18.0 Å². The number of unbranched alkanes of at least 4 members (excludes halogenated alkanes) is 1. The predicted molar refractivity (Wildman–Crippen MR) is 107 cm³/mol. The largest absolute Gasteiger partial charge is 0.490 e. The number of nitrogens with one attached hydrogen (secondary N) is 1. The fourth-order valence-electron chi connectivity index (χ4n) is 3.28. The van der Waals surface area contributed by atoms with Crippen LogP contribution in [0.5, 0.6) is 17.2 Å². The van der Waals surface area contributed by atoms with Crippen molar-refractivity contribution in [1.82, 2.24) is 5.32 Å². The van der Waals surface area contributed by atoms with Crippen LogP contribution in [0.15, 0.2) is 42.5 Å². The number of nitrogen functional groups attached to an aromatic ring is 2. The number of hydrogen-bond acceptors (Lipinski definition) is 5. The lowest BCUT2D eigenvalue weighted by Gasteiger charge is -2.22.